The maximum absolute atomic E-state index is 10.9. The van der Waals surface area contributed by atoms with Crippen LogP contribution < -0.4 is 17.0 Å². The molecular formula is C9H18BrNO2. The highest BCUT2D eigenvalue weighted by Crippen LogP contribution is 2.16. The number of rotatable bonds is 3. The van der Waals surface area contributed by atoms with Crippen LogP contribution in [-0.2, 0) is 9.53 Å². The molecule has 0 bridgehead atoms. The lowest BCUT2D eigenvalue weighted by atomic mass is 10.3. The highest BCUT2D eigenvalue weighted by molar-refractivity contribution is 5.69. The van der Waals surface area contributed by atoms with Crippen molar-refractivity contribution in [3.05, 3.63) is 0 Å². The number of esters is 1. The molecule has 0 aromatic rings. The molecule has 1 fully saturated rings. The van der Waals surface area contributed by atoms with Crippen molar-refractivity contribution >= 4 is 5.97 Å². The first-order chi connectivity index (χ1) is 5.66. The average Bonchev–Trinajstić information content (AvgIpc) is 2.49. The van der Waals surface area contributed by atoms with Gasteiger partial charge in [-0.05, 0) is 0 Å². The van der Waals surface area contributed by atoms with Crippen LogP contribution >= 0.6 is 0 Å². The van der Waals surface area contributed by atoms with E-state index >= 15 is 0 Å². The lowest BCUT2D eigenvalue weighted by molar-refractivity contribution is -0.897. The van der Waals surface area contributed by atoms with Crippen LogP contribution in [0.4, 0.5) is 0 Å². The SMILES string of the molecule is COC(=O)CC[N+]1(C)CCCC1.[Br-]. The fraction of sp³-hybridized carbons (Fsp3) is 0.889. The topological polar surface area (TPSA) is 26.3 Å². The van der Waals surface area contributed by atoms with E-state index in [1.807, 2.05) is 0 Å². The van der Waals surface area contributed by atoms with Gasteiger partial charge >= 0.3 is 5.97 Å². The second-order valence-electron chi connectivity index (χ2n) is 3.82. The van der Waals surface area contributed by atoms with Gasteiger partial charge in [0.2, 0.25) is 0 Å². The summed E-state index contributed by atoms with van der Waals surface area (Å²) in [7, 11) is 3.67. The Balaban J connectivity index is 0.00000144. The number of quaternary nitrogens is 1. The molecule has 0 aromatic heterocycles. The van der Waals surface area contributed by atoms with E-state index in [1.165, 1.54) is 33.0 Å². The molecule has 0 aliphatic carbocycles. The van der Waals surface area contributed by atoms with Crippen LogP contribution in [0.3, 0.4) is 0 Å². The van der Waals surface area contributed by atoms with Gasteiger partial charge in [0.15, 0.2) is 0 Å². The number of methoxy groups -OCH3 is 1. The van der Waals surface area contributed by atoms with E-state index in [4.69, 9.17) is 0 Å². The fourth-order valence-electron chi connectivity index (χ4n) is 1.79. The summed E-state index contributed by atoms with van der Waals surface area (Å²) in [5, 5.41) is 0. The van der Waals surface area contributed by atoms with E-state index in [1.54, 1.807) is 0 Å². The summed E-state index contributed by atoms with van der Waals surface area (Å²) >= 11 is 0. The maximum Gasteiger partial charge on any atom is 0.311 e. The number of carbonyl (C=O) groups excluding carboxylic acids is 1. The molecule has 13 heavy (non-hydrogen) atoms. The highest BCUT2D eigenvalue weighted by atomic mass is 79.9. The first kappa shape index (κ1) is 12.9. The predicted molar refractivity (Wildman–Crippen MR) is 46.7 cm³/mol. The standard InChI is InChI=1S/C9H18NO2.BrH/c1-10(6-3-4-7-10)8-5-9(11)12-2;/h3-8H2,1-2H3;1H/q+1;/p-1. The Bertz CT molecular complexity index is 167. The van der Waals surface area contributed by atoms with Gasteiger partial charge in [-0.1, -0.05) is 0 Å². The van der Waals surface area contributed by atoms with Gasteiger partial charge in [-0.3, -0.25) is 4.79 Å². The quantitative estimate of drug-likeness (QED) is 0.421. The molecule has 1 aliphatic heterocycles. The summed E-state index contributed by atoms with van der Waals surface area (Å²) in [5.41, 5.74) is 0. The average molecular weight is 252 g/mol. The Morgan fingerprint density at radius 1 is 1.38 bits per heavy atom. The number of halogens is 1. The van der Waals surface area contributed by atoms with Gasteiger partial charge in [0.1, 0.15) is 0 Å². The number of carbonyl (C=O) groups is 1. The van der Waals surface area contributed by atoms with Crippen LogP contribution in [-0.4, -0.2) is 44.2 Å². The molecule has 0 unspecified atom stereocenters. The monoisotopic (exact) mass is 251 g/mol. The maximum atomic E-state index is 10.9. The van der Waals surface area contributed by atoms with Gasteiger partial charge in [0.05, 0.1) is 40.2 Å². The minimum atomic E-state index is -0.0822. The molecule has 0 N–H and O–H groups in total. The van der Waals surface area contributed by atoms with E-state index < -0.39 is 0 Å². The van der Waals surface area contributed by atoms with Gasteiger partial charge < -0.3 is 26.2 Å². The number of likely N-dealkylation sites (tertiary alicyclic amines) is 1. The Kier molecular flexibility index (Phi) is 5.56. The molecule has 0 aromatic carbocycles. The molecule has 1 saturated heterocycles. The first-order valence-corrected chi connectivity index (χ1v) is 4.57. The molecule has 1 heterocycles. The fourth-order valence-corrected chi connectivity index (χ4v) is 1.79. The summed E-state index contributed by atoms with van der Waals surface area (Å²) in [6.45, 7) is 3.38. The van der Waals surface area contributed by atoms with Crippen LogP contribution in [0.5, 0.6) is 0 Å². The Labute approximate surface area is 90.4 Å². The molecule has 4 heteroatoms. The summed E-state index contributed by atoms with van der Waals surface area (Å²) in [6, 6.07) is 0. The van der Waals surface area contributed by atoms with Crippen molar-refractivity contribution in [2.45, 2.75) is 19.3 Å². The number of ether oxygens (including phenoxy) is 1. The van der Waals surface area contributed by atoms with Crippen molar-refractivity contribution in [3.8, 4) is 0 Å². The van der Waals surface area contributed by atoms with Crippen molar-refractivity contribution in [1.82, 2.24) is 0 Å². The lowest BCUT2D eigenvalue weighted by Crippen LogP contribution is -3.00. The van der Waals surface area contributed by atoms with Crippen molar-refractivity contribution in [3.63, 3.8) is 0 Å². The summed E-state index contributed by atoms with van der Waals surface area (Å²) in [5.74, 6) is -0.0822. The van der Waals surface area contributed by atoms with Gasteiger partial charge in [0.25, 0.3) is 0 Å². The zero-order chi connectivity index (χ0) is 9.03. The molecule has 3 nitrogen and oxygen atoms in total. The van der Waals surface area contributed by atoms with Crippen molar-refractivity contribution in [2.24, 2.45) is 0 Å². The molecular weight excluding hydrogens is 234 g/mol. The largest absolute Gasteiger partial charge is 1.00 e. The van der Waals surface area contributed by atoms with Crippen LogP contribution in [0.1, 0.15) is 19.3 Å². The van der Waals surface area contributed by atoms with Crippen LogP contribution in [0.2, 0.25) is 0 Å². The second-order valence-corrected chi connectivity index (χ2v) is 3.82. The number of nitrogens with zero attached hydrogens (tertiary/aromatic N) is 1. The third-order valence-corrected chi connectivity index (χ3v) is 2.73. The summed E-state index contributed by atoms with van der Waals surface area (Å²) < 4.78 is 5.66. The van der Waals surface area contributed by atoms with E-state index in [0.717, 1.165) is 11.0 Å². The molecule has 1 rings (SSSR count). The van der Waals surface area contributed by atoms with Crippen LogP contribution in [0.25, 0.3) is 0 Å². The predicted octanol–water partition coefficient (Wildman–Crippen LogP) is -2.21. The number of hydrogen-bond donors (Lipinski definition) is 0. The Morgan fingerprint density at radius 3 is 2.38 bits per heavy atom. The van der Waals surface area contributed by atoms with Gasteiger partial charge in [-0.25, -0.2) is 0 Å². The van der Waals surface area contributed by atoms with Gasteiger partial charge in [-0.15, -0.1) is 0 Å². The lowest BCUT2D eigenvalue weighted by Gasteiger charge is -2.28. The first-order valence-electron chi connectivity index (χ1n) is 4.57. The molecule has 0 radical (unpaired) electrons. The molecule has 0 amide bonds. The highest BCUT2D eigenvalue weighted by Gasteiger charge is 2.27. The summed E-state index contributed by atoms with van der Waals surface area (Å²) in [4.78, 5) is 10.9. The smallest absolute Gasteiger partial charge is 0.311 e. The molecule has 1 aliphatic rings. The zero-order valence-corrected chi connectivity index (χ0v) is 9.97. The molecule has 0 saturated carbocycles. The van der Waals surface area contributed by atoms with E-state index in [9.17, 15) is 4.79 Å². The van der Waals surface area contributed by atoms with Gasteiger partial charge in [-0.2, -0.15) is 0 Å². The van der Waals surface area contributed by atoms with Crippen LogP contribution in [0, 0.1) is 0 Å². The van der Waals surface area contributed by atoms with E-state index in [0.29, 0.717) is 6.42 Å². The molecule has 0 atom stereocenters. The third kappa shape index (κ3) is 4.09. The van der Waals surface area contributed by atoms with Crippen LogP contribution in [0.15, 0.2) is 0 Å². The van der Waals surface area contributed by atoms with Crippen molar-refractivity contribution in [2.75, 3.05) is 33.8 Å². The van der Waals surface area contributed by atoms with Crippen molar-refractivity contribution in [1.29, 1.82) is 0 Å². The normalized spacial score (nSPS) is 19.2. The zero-order valence-electron chi connectivity index (χ0n) is 8.38. The van der Waals surface area contributed by atoms with E-state index in [2.05, 4.69) is 11.8 Å². The second kappa shape index (κ2) is 5.60. The number of hydrogen-bond acceptors (Lipinski definition) is 2. The Hall–Kier alpha value is -0.0900. The summed E-state index contributed by atoms with van der Waals surface area (Å²) in [6.07, 6.45) is 3.17. The van der Waals surface area contributed by atoms with Crippen molar-refractivity contribution < 1.29 is 31.0 Å². The molecule has 0 spiro atoms. The minimum absolute atomic E-state index is 0. The molecule has 78 valence electrons. The van der Waals surface area contributed by atoms with Gasteiger partial charge in [0, 0.05) is 12.8 Å². The minimum Gasteiger partial charge on any atom is -1.00 e. The third-order valence-electron chi connectivity index (χ3n) is 2.73. The van der Waals surface area contributed by atoms with E-state index in [-0.39, 0.29) is 23.0 Å². The Morgan fingerprint density at radius 2 is 1.92 bits per heavy atom.